The predicted octanol–water partition coefficient (Wildman–Crippen LogP) is 4.76. The number of fused-ring (bicyclic) bond motifs is 1. The highest BCUT2D eigenvalue weighted by Crippen LogP contribution is 2.39. The first-order chi connectivity index (χ1) is 16.8. The van der Waals surface area contributed by atoms with Gasteiger partial charge in [0.15, 0.2) is 15.0 Å². The zero-order chi connectivity index (χ0) is 25.0. The molecule has 2 aromatic heterocycles. The summed E-state index contributed by atoms with van der Waals surface area (Å²) >= 11 is 7.62. The first kappa shape index (κ1) is 24.9. The number of hydrogen-bond donors (Lipinski definition) is 0. The van der Waals surface area contributed by atoms with Gasteiger partial charge < -0.3 is 9.47 Å². The largest absolute Gasteiger partial charge is 0.497 e. The molecule has 8 nitrogen and oxygen atoms in total. The molecule has 0 atom stereocenters. The highest BCUT2D eigenvalue weighted by atomic mass is 35.5. The first-order valence-corrected chi connectivity index (χ1v) is 13.4. The minimum Gasteiger partial charge on any atom is -0.497 e. The molecule has 0 saturated heterocycles. The smallest absolute Gasteiger partial charge is 0.230 e. The number of ether oxygens (including phenoxy) is 2. The Kier molecular flexibility index (Phi) is 7.54. The predicted molar refractivity (Wildman–Crippen MR) is 136 cm³/mol. The van der Waals surface area contributed by atoms with E-state index in [4.69, 9.17) is 21.1 Å². The highest BCUT2D eigenvalue weighted by Gasteiger charge is 2.25. The third-order valence-electron chi connectivity index (χ3n) is 5.29. The third kappa shape index (κ3) is 5.55. The Morgan fingerprint density at radius 3 is 2.40 bits per heavy atom. The van der Waals surface area contributed by atoms with Crippen molar-refractivity contribution in [2.45, 2.75) is 17.9 Å². The Balaban J connectivity index is 1.63. The van der Waals surface area contributed by atoms with Crippen molar-refractivity contribution in [2.24, 2.45) is 0 Å². The maximum absolute atomic E-state index is 13.4. The molecule has 0 spiro atoms. The van der Waals surface area contributed by atoms with Crippen molar-refractivity contribution < 1.29 is 22.7 Å². The number of anilines is 1. The van der Waals surface area contributed by atoms with Crippen molar-refractivity contribution in [3.63, 3.8) is 0 Å². The number of thiazole rings is 1. The lowest BCUT2D eigenvalue weighted by atomic mass is 10.2. The maximum Gasteiger partial charge on any atom is 0.230 e. The molecule has 0 aliphatic heterocycles. The van der Waals surface area contributed by atoms with Gasteiger partial charge in [-0.25, -0.2) is 13.4 Å². The first-order valence-electron chi connectivity index (χ1n) is 10.5. The monoisotopic (exact) mass is 531 g/mol. The number of carbonyl (C=O) groups is 1. The van der Waals surface area contributed by atoms with Gasteiger partial charge in [-0.2, -0.15) is 0 Å². The van der Waals surface area contributed by atoms with Crippen LogP contribution in [0.5, 0.6) is 11.5 Å². The Labute approximate surface area is 212 Å². The molecular formula is C24H22ClN3O5S2. The number of halogens is 1. The van der Waals surface area contributed by atoms with Gasteiger partial charge >= 0.3 is 0 Å². The molecule has 182 valence electrons. The van der Waals surface area contributed by atoms with Gasteiger partial charge in [0, 0.05) is 18.8 Å². The van der Waals surface area contributed by atoms with Crippen LogP contribution in [0.2, 0.25) is 5.02 Å². The van der Waals surface area contributed by atoms with Crippen LogP contribution in [0.3, 0.4) is 0 Å². The number of benzene rings is 2. The lowest BCUT2D eigenvalue weighted by molar-refractivity contribution is -0.118. The number of nitrogens with zero attached hydrogens (tertiary/aromatic N) is 3. The molecule has 0 bridgehead atoms. The molecule has 0 saturated carbocycles. The lowest BCUT2D eigenvalue weighted by Gasteiger charge is -2.20. The van der Waals surface area contributed by atoms with Crippen LogP contribution in [0, 0.1) is 0 Å². The van der Waals surface area contributed by atoms with Gasteiger partial charge in [-0.1, -0.05) is 22.9 Å². The van der Waals surface area contributed by atoms with Crippen LogP contribution in [0.1, 0.15) is 12.0 Å². The van der Waals surface area contributed by atoms with Gasteiger partial charge in [0.1, 0.15) is 17.0 Å². The fourth-order valence-corrected chi connectivity index (χ4v) is 5.91. The minimum absolute atomic E-state index is 0.128. The summed E-state index contributed by atoms with van der Waals surface area (Å²) in [5, 5.41) is 0.887. The molecule has 4 rings (SSSR count). The second kappa shape index (κ2) is 10.6. The van der Waals surface area contributed by atoms with Crippen LogP contribution in [-0.4, -0.2) is 44.3 Å². The van der Waals surface area contributed by atoms with Gasteiger partial charge in [0.25, 0.3) is 0 Å². The molecule has 0 aliphatic carbocycles. The lowest BCUT2D eigenvalue weighted by Crippen LogP contribution is -2.31. The van der Waals surface area contributed by atoms with E-state index in [9.17, 15) is 13.2 Å². The molecule has 35 heavy (non-hydrogen) atoms. The number of carbonyl (C=O) groups excluding carboxylic acids is 1. The summed E-state index contributed by atoms with van der Waals surface area (Å²) in [4.78, 5) is 23.6. The molecule has 11 heteroatoms. The van der Waals surface area contributed by atoms with Gasteiger partial charge in [-0.3, -0.25) is 14.7 Å². The number of aromatic nitrogens is 2. The van der Waals surface area contributed by atoms with Crippen molar-refractivity contribution in [1.82, 2.24) is 9.97 Å². The fourth-order valence-electron chi connectivity index (χ4n) is 3.41. The van der Waals surface area contributed by atoms with Gasteiger partial charge in [-0.05, 0) is 54.1 Å². The van der Waals surface area contributed by atoms with Crippen molar-refractivity contribution in [1.29, 1.82) is 0 Å². The highest BCUT2D eigenvalue weighted by molar-refractivity contribution is 7.91. The maximum atomic E-state index is 13.4. The van der Waals surface area contributed by atoms with Crippen LogP contribution in [0.15, 0.2) is 65.8 Å². The van der Waals surface area contributed by atoms with Gasteiger partial charge in [0.05, 0.1) is 41.1 Å². The summed E-state index contributed by atoms with van der Waals surface area (Å²) in [6.45, 7) is 0.198. The minimum atomic E-state index is -3.68. The molecule has 2 aromatic carbocycles. The number of sulfone groups is 1. The number of pyridine rings is 1. The molecule has 0 aliphatic rings. The van der Waals surface area contributed by atoms with Crippen LogP contribution < -0.4 is 14.4 Å². The quantitative estimate of drug-likeness (QED) is 0.307. The van der Waals surface area contributed by atoms with E-state index in [1.54, 1.807) is 48.8 Å². The molecule has 0 unspecified atom stereocenters. The normalized spacial score (nSPS) is 11.4. The van der Waals surface area contributed by atoms with E-state index in [0.717, 1.165) is 5.56 Å². The van der Waals surface area contributed by atoms with E-state index < -0.39 is 9.84 Å². The Bertz CT molecular complexity index is 1440. The van der Waals surface area contributed by atoms with Crippen LogP contribution in [0.25, 0.3) is 10.2 Å². The molecule has 0 N–H and O–H groups in total. The fraction of sp³-hybridized carbons (Fsp3) is 0.208. The zero-order valence-electron chi connectivity index (χ0n) is 19.0. The van der Waals surface area contributed by atoms with E-state index in [2.05, 4.69) is 9.97 Å². The second-order valence-electron chi connectivity index (χ2n) is 7.50. The topological polar surface area (TPSA) is 98.7 Å². The summed E-state index contributed by atoms with van der Waals surface area (Å²) in [6, 6.07) is 13.1. The van der Waals surface area contributed by atoms with Crippen molar-refractivity contribution in [3.05, 3.63) is 71.5 Å². The van der Waals surface area contributed by atoms with Crippen molar-refractivity contribution in [3.8, 4) is 11.5 Å². The summed E-state index contributed by atoms with van der Waals surface area (Å²) in [5.41, 5.74) is 1.36. The molecule has 0 radical (unpaired) electrons. The summed E-state index contributed by atoms with van der Waals surface area (Å²) in [7, 11) is -0.644. The average molecular weight is 532 g/mol. The molecule has 4 aromatic rings. The van der Waals surface area contributed by atoms with E-state index in [-0.39, 0.29) is 29.5 Å². The van der Waals surface area contributed by atoms with E-state index in [1.807, 2.05) is 0 Å². The van der Waals surface area contributed by atoms with Crippen LogP contribution in [0.4, 0.5) is 5.13 Å². The SMILES string of the molecule is COc1ccc(S(=O)(=O)CCC(=O)N(Cc2ccncc2)c2nc3c(OC)ccc(Cl)c3s2)cc1. The van der Waals surface area contributed by atoms with Gasteiger partial charge in [-0.15, -0.1) is 0 Å². The summed E-state index contributed by atoms with van der Waals surface area (Å²) in [5.74, 6) is 0.354. The summed E-state index contributed by atoms with van der Waals surface area (Å²) < 4.78 is 36.9. The number of amides is 1. The van der Waals surface area contributed by atoms with Crippen molar-refractivity contribution in [2.75, 3.05) is 24.9 Å². The number of rotatable bonds is 9. The standard InChI is InChI=1S/C24H22ClN3O5S2/c1-32-17-3-5-18(6-4-17)35(30,31)14-11-21(29)28(15-16-9-12-26-13-10-16)24-27-22-20(33-2)8-7-19(25)23(22)34-24/h3-10,12-13H,11,14-15H2,1-2H3. The number of methoxy groups -OCH3 is 2. The third-order valence-corrected chi connectivity index (χ3v) is 8.56. The average Bonchev–Trinajstić information content (AvgIpc) is 3.33. The van der Waals surface area contributed by atoms with Gasteiger partial charge in [0.2, 0.25) is 5.91 Å². The number of hydrogen-bond acceptors (Lipinski definition) is 8. The second-order valence-corrected chi connectivity index (χ2v) is 11.0. The Morgan fingerprint density at radius 2 is 1.74 bits per heavy atom. The Morgan fingerprint density at radius 1 is 1.03 bits per heavy atom. The molecule has 1 amide bonds. The van der Waals surface area contributed by atoms with Crippen LogP contribution in [-0.2, 0) is 21.2 Å². The summed E-state index contributed by atoms with van der Waals surface area (Å²) in [6.07, 6.45) is 3.04. The molecule has 2 heterocycles. The van der Waals surface area contributed by atoms with Crippen molar-refractivity contribution >= 4 is 54.0 Å². The van der Waals surface area contributed by atoms with E-state index in [0.29, 0.717) is 31.9 Å². The van der Waals surface area contributed by atoms with E-state index in [1.165, 1.54) is 42.6 Å². The Hall–Kier alpha value is -3.21. The molecule has 0 fully saturated rings. The van der Waals surface area contributed by atoms with E-state index >= 15 is 0 Å². The molecular weight excluding hydrogens is 510 g/mol. The zero-order valence-corrected chi connectivity index (χ0v) is 21.4. The van der Waals surface area contributed by atoms with Crippen LogP contribution >= 0.6 is 22.9 Å².